The first kappa shape index (κ1) is 29.7. The molecule has 0 unspecified atom stereocenters. The summed E-state index contributed by atoms with van der Waals surface area (Å²) >= 11 is 0. The molecule has 0 atom stereocenters. The Morgan fingerprint density at radius 1 is 0.323 bits per heavy atom. The molecule has 5 nitrogen and oxygen atoms in total. The summed E-state index contributed by atoms with van der Waals surface area (Å²) in [5.74, 6) is 0.931. The molecule has 0 saturated carbocycles. The fourth-order valence-corrected chi connectivity index (χ4v) is 8.59. The summed E-state index contributed by atoms with van der Waals surface area (Å²) < 4.78 is 59.8. The van der Waals surface area contributed by atoms with Crippen molar-refractivity contribution in [2.24, 2.45) is 0 Å². The van der Waals surface area contributed by atoms with Crippen LogP contribution < -0.4 is 0 Å². The predicted octanol–water partition coefficient (Wildman–Crippen LogP) is 14.4. The maximum atomic E-state index is 9.77. The monoisotopic (exact) mass is 797 g/mol. The SMILES string of the molecule is [2H]c1cc([2H])c2c(c1)c1c([2H])c([2H])c3c4cc([2H])cc([2H])c4n(-c4nc(-c5ccccc5)nc(-c5ccc(-c6ccccc6)cc5)n4)c3c1n2-c1cccc(-c2cccc(-c3ccccc3)c2)c1. The molecule has 0 radical (unpaired) electrons. The summed E-state index contributed by atoms with van der Waals surface area (Å²) in [5, 5.41) is 1.60. The number of para-hydroxylation sites is 2. The van der Waals surface area contributed by atoms with Gasteiger partial charge in [-0.25, -0.2) is 4.98 Å². The van der Waals surface area contributed by atoms with Gasteiger partial charge in [0.25, 0.3) is 0 Å². The highest BCUT2D eigenvalue weighted by Gasteiger charge is 2.23. The number of nitrogens with zero attached hydrogens (tertiary/aromatic N) is 5. The summed E-state index contributed by atoms with van der Waals surface area (Å²) in [5.41, 5.74) is 10.00. The summed E-state index contributed by atoms with van der Waals surface area (Å²) in [6.45, 7) is 0. The van der Waals surface area contributed by atoms with Crippen LogP contribution >= 0.6 is 0 Å². The third-order valence-corrected chi connectivity index (χ3v) is 11.5. The van der Waals surface area contributed by atoms with E-state index in [-0.39, 0.29) is 42.2 Å². The molecule has 0 fully saturated rings. The Morgan fingerprint density at radius 2 is 0.758 bits per heavy atom. The second-order valence-corrected chi connectivity index (χ2v) is 15.2. The Kier molecular flexibility index (Phi) is 7.05. The Morgan fingerprint density at radius 3 is 1.37 bits per heavy atom. The molecule has 12 rings (SSSR count). The van der Waals surface area contributed by atoms with Crippen LogP contribution in [-0.4, -0.2) is 24.1 Å². The normalized spacial score (nSPS) is 12.9. The zero-order chi connectivity index (χ0) is 46.2. The molecule has 9 aromatic carbocycles. The lowest BCUT2D eigenvalue weighted by atomic mass is 9.99. The Labute approximate surface area is 366 Å². The summed E-state index contributed by atoms with van der Waals surface area (Å²) in [6.07, 6.45) is 0. The molecule has 0 amide bonds. The van der Waals surface area contributed by atoms with Crippen LogP contribution in [0.15, 0.2) is 224 Å². The van der Waals surface area contributed by atoms with Crippen molar-refractivity contribution < 1.29 is 8.22 Å². The molecular weight excluding hydrogens is 755 g/mol. The first-order chi connectivity index (χ1) is 33.2. The van der Waals surface area contributed by atoms with E-state index in [9.17, 15) is 5.48 Å². The Balaban J connectivity index is 1.20. The lowest BCUT2D eigenvalue weighted by molar-refractivity contribution is 0.953. The molecule has 3 aromatic heterocycles. The fraction of sp³-hybridized carbons (Fsp3) is 0. The van der Waals surface area contributed by atoms with E-state index in [2.05, 4.69) is 48.5 Å². The van der Waals surface area contributed by atoms with Gasteiger partial charge in [0.15, 0.2) is 11.6 Å². The van der Waals surface area contributed by atoms with Gasteiger partial charge < -0.3 is 4.57 Å². The van der Waals surface area contributed by atoms with E-state index in [1.54, 1.807) is 16.7 Å². The molecule has 12 aromatic rings. The van der Waals surface area contributed by atoms with Crippen molar-refractivity contribution in [3.05, 3.63) is 224 Å². The van der Waals surface area contributed by atoms with Crippen molar-refractivity contribution in [1.82, 2.24) is 24.1 Å². The third kappa shape index (κ3) is 5.98. The van der Waals surface area contributed by atoms with Crippen LogP contribution in [0.1, 0.15) is 8.22 Å². The molecule has 290 valence electrons. The van der Waals surface area contributed by atoms with Crippen LogP contribution in [0.3, 0.4) is 0 Å². The predicted molar refractivity (Wildman–Crippen MR) is 256 cm³/mol. The number of hydrogen-bond donors (Lipinski definition) is 0. The minimum atomic E-state index is -0.122. The summed E-state index contributed by atoms with van der Waals surface area (Å²) in [7, 11) is 0. The van der Waals surface area contributed by atoms with Crippen LogP contribution in [0.25, 0.3) is 111 Å². The van der Waals surface area contributed by atoms with Crippen LogP contribution in [0.2, 0.25) is 0 Å². The van der Waals surface area contributed by atoms with Crippen molar-refractivity contribution in [3.8, 4) is 67.8 Å². The molecule has 0 bridgehead atoms. The molecular formula is C57H37N5. The second kappa shape index (κ2) is 14.7. The van der Waals surface area contributed by atoms with Gasteiger partial charge in [0.1, 0.15) is 0 Å². The minimum Gasteiger partial charge on any atom is -0.307 e. The molecule has 0 aliphatic rings. The molecule has 0 saturated heterocycles. The number of rotatable bonds is 7. The van der Waals surface area contributed by atoms with Gasteiger partial charge in [-0.15, -0.1) is 0 Å². The molecule has 5 heteroatoms. The van der Waals surface area contributed by atoms with Gasteiger partial charge in [0.05, 0.1) is 30.3 Å². The number of fused-ring (bicyclic) bond motifs is 7. The maximum absolute atomic E-state index is 9.77. The van der Waals surface area contributed by atoms with Crippen LogP contribution in [0, 0.1) is 0 Å². The topological polar surface area (TPSA) is 48.5 Å². The van der Waals surface area contributed by atoms with Crippen molar-refractivity contribution in [2.45, 2.75) is 0 Å². The zero-order valence-corrected chi connectivity index (χ0v) is 33.1. The summed E-state index contributed by atoms with van der Waals surface area (Å²) in [6, 6.07) is 60.6. The van der Waals surface area contributed by atoms with Crippen molar-refractivity contribution in [3.63, 3.8) is 0 Å². The molecule has 0 aliphatic heterocycles. The average Bonchev–Trinajstić information content (AvgIpc) is 3.90. The van der Waals surface area contributed by atoms with Crippen LogP contribution in [-0.2, 0) is 0 Å². The smallest absolute Gasteiger partial charge is 0.238 e. The molecule has 62 heavy (non-hydrogen) atoms. The van der Waals surface area contributed by atoms with Gasteiger partial charge in [0, 0.05) is 38.4 Å². The lowest BCUT2D eigenvalue weighted by Gasteiger charge is -2.14. The standard InChI is InChI=1S/C57H37N5/c1-4-16-38(17-5-1)40-30-32-42(33-31-40)56-58-55(41-20-8-3-9-21-41)59-57(60-56)62-52-29-13-11-27-48(52)50-35-34-49-47-26-10-12-28-51(47)61(53(49)54(50)62)46-25-15-24-45(37-46)44-23-14-22-43(36-44)39-18-6-2-7-19-39/h1-37H/i10D,11D,28D,29D,34D,35D. The first-order valence-electron chi connectivity index (χ1n) is 23.4. The van der Waals surface area contributed by atoms with Crippen LogP contribution in [0.4, 0.5) is 0 Å². The molecule has 0 N–H and O–H groups in total. The average molecular weight is 798 g/mol. The third-order valence-electron chi connectivity index (χ3n) is 11.5. The van der Waals surface area contributed by atoms with E-state index in [1.165, 1.54) is 12.1 Å². The van der Waals surface area contributed by atoms with E-state index in [1.807, 2.05) is 120 Å². The summed E-state index contributed by atoms with van der Waals surface area (Å²) in [4.78, 5) is 15.4. The van der Waals surface area contributed by atoms with Crippen molar-refractivity contribution >= 4 is 43.6 Å². The van der Waals surface area contributed by atoms with E-state index in [4.69, 9.17) is 17.7 Å². The highest BCUT2D eigenvalue weighted by Crippen LogP contribution is 2.42. The van der Waals surface area contributed by atoms with E-state index < -0.39 is 0 Å². The van der Waals surface area contributed by atoms with E-state index >= 15 is 0 Å². The lowest BCUT2D eigenvalue weighted by Crippen LogP contribution is -2.07. The van der Waals surface area contributed by atoms with Crippen molar-refractivity contribution in [2.75, 3.05) is 0 Å². The highest BCUT2D eigenvalue weighted by molar-refractivity contribution is 6.23. The number of benzene rings is 9. The van der Waals surface area contributed by atoms with Gasteiger partial charge >= 0.3 is 0 Å². The van der Waals surface area contributed by atoms with Gasteiger partial charge in [-0.05, 0) is 63.7 Å². The van der Waals surface area contributed by atoms with Crippen molar-refractivity contribution in [1.29, 1.82) is 0 Å². The fourth-order valence-electron chi connectivity index (χ4n) is 8.59. The van der Waals surface area contributed by atoms with Gasteiger partial charge in [-0.3, -0.25) is 4.57 Å². The second-order valence-electron chi connectivity index (χ2n) is 15.2. The molecule has 0 spiro atoms. The largest absolute Gasteiger partial charge is 0.307 e. The van der Waals surface area contributed by atoms with Gasteiger partial charge in [-0.1, -0.05) is 194 Å². The highest BCUT2D eigenvalue weighted by atomic mass is 15.2. The number of aromatic nitrogens is 5. The first-order valence-corrected chi connectivity index (χ1v) is 20.4. The number of hydrogen-bond acceptors (Lipinski definition) is 3. The molecule has 0 aliphatic carbocycles. The van der Waals surface area contributed by atoms with Crippen LogP contribution in [0.5, 0.6) is 0 Å². The molecule has 3 heterocycles. The maximum Gasteiger partial charge on any atom is 0.238 e. The Bertz CT molecular complexity index is 3970. The minimum absolute atomic E-state index is 0.01000. The van der Waals surface area contributed by atoms with Gasteiger partial charge in [0.2, 0.25) is 5.95 Å². The van der Waals surface area contributed by atoms with E-state index in [0.717, 1.165) is 44.5 Å². The Hall–Kier alpha value is -8.41. The quantitative estimate of drug-likeness (QED) is 0.161. The zero-order valence-electron chi connectivity index (χ0n) is 39.1. The van der Waals surface area contributed by atoms with Gasteiger partial charge in [-0.2, -0.15) is 9.97 Å². The van der Waals surface area contributed by atoms with E-state index in [0.29, 0.717) is 60.9 Å².